The second kappa shape index (κ2) is 2.64. The molecule has 3 heteroatoms. The van der Waals surface area contributed by atoms with E-state index in [4.69, 9.17) is 17.3 Å². The predicted octanol–water partition coefficient (Wildman–Crippen LogP) is 0.614. The van der Waals surface area contributed by atoms with Gasteiger partial charge < -0.3 is 5.73 Å². The van der Waals surface area contributed by atoms with Crippen molar-refractivity contribution in [2.45, 2.75) is 6.42 Å². The number of rotatable bonds is 2. The van der Waals surface area contributed by atoms with Crippen molar-refractivity contribution in [1.29, 1.82) is 0 Å². The van der Waals surface area contributed by atoms with Gasteiger partial charge >= 0.3 is 0 Å². The summed E-state index contributed by atoms with van der Waals surface area (Å²) in [5.74, 6) is -0.444. The highest BCUT2D eigenvalue weighted by Crippen LogP contribution is 1.99. The van der Waals surface area contributed by atoms with E-state index in [0.717, 1.165) is 0 Å². The van der Waals surface area contributed by atoms with Gasteiger partial charge in [-0.05, 0) is 0 Å². The van der Waals surface area contributed by atoms with Gasteiger partial charge in [0.25, 0.3) is 0 Å². The van der Waals surface area contributed by atoms with E-state index in [2.05, 4.69) is 6.58 Å². The number of nitrogens with two attached hydrogens (primary N) is 1. The molecule has 2 N–H and O–H groups in total. The fourth-order valence-corrected chi connectivity index (χ4v) is 0.321. The molecule has 0 unspecified atom stereocenters. The number of halogens is 1. The zero-order valence-corrected chi connectivity index (χ0v) is 4.53. The molecule has 0 spiro atoms. The highest BCUT2D eigenvalue weighted by Gasteiger charge is 1.92. The molecule has 2 nitrogen and oxygen atoms in total. The first-order valence-corrected chi connectivity index (χ1v) is 2.12. The first-order valence-electron chi connectivity index (χ1n) is 1.74. The van der Waals surface area contributed by atoms with E-state index in [9.17, 15) is 4.79 Å². The zero-order valence-electron chi connectivity index (χ0n) is 3.78. The van der Waals surface area contributed by atoms with Crippen LogP contribution in [-0.4, -0.2) is 5.91 Å². The minimum absolute atomic E-state index is 0.0710. The van der Waals surface area contributed by atoms with Crippen molar-refractivity contribution in [1.82, 2.24) is 0 Å². The second-order valence-corrected chi connectivity index (χ2v) is 1.69. The van der Waals surface area contributed by atoms with Crippen LogP contribution in [0.1, 0.15) is 6.42 Å². The van der Waals surface area contributed by atoms with Crippen LogP contribution in [0.15, 0.2) is 11.6 Å². The van der Waals surface area contributed by atoms with Crippen LogP contribution in [-0.2, 0) is 4.79 Å². The van der Waals surface area contributed by atoms with Gasteiger partial charge in [-0.1, -0.05) is 18.2 Å². The molecule has 0 aromatic carbocycles. The monoisotopic (exact) mass is 119 g/mol. The molecule has 0 heterocycles. The largest absolute Gasteiger partial charge is 0.369 e. The molecule has 0 atom stereocenters. The van der Waals surface area contributed by atoms with E-state index >= 15 is 0 Å². The van der Waals surface area contributed by atoms with Gasteiger partial charge in [-0.3, -0.25) is 4.79 Å². The zero-order chi connectivity index (χ0) is 5.86. The minimum Gasteiger partial charge on any atom is -0.369 e. The van der Waals surface area contributed by atoms with E-state index in [1.54, 1.807) is 0 Å². The summed E-state index contributed by atoms with van der Waals surface area (Å²) in [6, 6.07) is 0. The van der Waals surface area contributed by atoms with E-state index in [1.807, 2.05) is 0 Å². The van der Waals surface area contributed by atoms with Gasteiger partial charge in [-0.25, -0.2) is 0 Å². The number of carbonyl (C=O) groups excluding carboxylic acids is 1. The SMILES string of the molecule is C=C(Cl)CC(N)=O. The van der Waals surface area contributed by atoms with Crippen molar-refractivity contribution in [2.75, 3.05) is 0 Å². The molecule has 0 aromatic heterocycles. The maximum Gasteiger partial charge on any atom is 0.222 e. The second-order valence-electron chi connectivity index (χ2n) is 1.16. The molecular formula is C4H6ClNO. The molecule has 7 heavy (non-hydrogen) atoms. The summed E-state index contributed by atoms with van der Waals surface area (Å²) in [6.07, 6.45) is 0.0710. The van der Waals surface area contributed by atoms with E-state index in [-0.39, 0.29) is 11.5 Å². The van der Waals surface area contributed by atoms with Crippen LogP contribution in [0.3, 0.4) is 0 Å². The lowest BCUT2D eigenvalue weighted by Gasteiger charge is -1.85. The first-order chi connectivity index (χ1) is 3.13. The number of hydrogen-bond acceptors (Lipinski definition) is 1. The summed E-state index contributed by atoms with van der Waals surface area (Å²) < 4.78 is 0. The third-order valence-electron chi connectivity index (χ3n) is 0.366. The lowest BCUT2D eigenvalue weighted by Crippen LogP contribution is -2.09. The van der Waals surface area contributed by atoms with Crippen LogP contribution in [0, 0.1) is 0 Å². The van der Waals surface area contributed by atoms with Crippen molar-refractivity contribution in [3.63, 3.8) is 0 Å². The number of amides is 1. The molecular weight excluding hydrogens is 114 g/mol. The Bertz CT molecular complexity index is 87.9. The number of carbonyl (C=O) groups is 1. The Labute approximate surface area is 46.9 Å². The van der Waals surface area contributed by atoms with Gasteiger partial charge in [0.15, 0.2) is 0 Å². The lowest BCUT2D eigenvalue weighted by molar-refractivity contribution is -0.117. The highest BCUT2D eigenvalue weighted by atomic mass is 35.5. The lowest BCUT2D eigenvalue weighted by atomic mass is 10.4. The molecule has 0 bridgehead atoms. The number of hydrogen-bond donors (Lipinski definition) is 1. The highest BCUT2D eigenvalue weighted by molar-refractivity contribution is 6.30. The van der Waals surface area contributed by atoms with Crippen LogP contribution in [0.4, 0.5) is 0 Å². The van der Waals surface area contributed by atoms with Crippen LogP contribution < -0.4 is 5.73 Å². The Morgan fingerprint density at radius 1 is 1.86 bits per heavy atom. The maximum atomic E-state index is 9.89. The van der Waals surface area contributed by atoms with E-state index < -0.39 is 5.91 Å². The van der Waals surface area contributed by atoms with Crippen LogP contribution in [0.25, 0.3) is 0 Å². The first kappa shape index (κ1) is 6.50. The molecule has 0 aromatic rings. The van der Waals surface area contributed by atoms with Crippen molar-refractivity contribution in [3.05, 3.63) is 11.6 Å². The Hall–Kier alpha value is -0.500. The third-order valence-corrected chi connectivity index (χ3v) is 0.500. The van der Waals surface area contributed by atoms with Gasteiger partial charge in [-0.15, -0.1) is 0 Å². The Balaban J connectivity index is 3.32. The summed E-state index contributed by atoms with van der Waals surface area (Å²) >= 11 is 5.18. The Morgan fingerprint density at radius 2 is 2.29 bits per heavy atom. The molecule has 0 aliphatic heterocycles. The molecule has 0 aliphatic carbocycles. The fraction of sp³-hybridized carbons (Fsp3) is 0.250. The number of primary amides is 1. The van der Waals surface area contributed by atoms with E-state index in [1.165, 1.54) is 0 Å². The van der Waals surface area contributed by atoms with Crippen molar-refractivity contribution >= 4 is 17.5 Å². The molecule has 1 amide bonds. The van der Waals surface area contributed by atoms with Gasteiger partial charge in [0.1, 0.15) is 0 Å². The summed E-state index contributed by atoms with van der Waals surface area (Å²) in [4.78, 5) is 9.89. The van der Waals surface area contributed by atoms with Crippen molar-refractivity contribution in [3.8, 4) is 0 Å². The van der Waals surface area contributed by atoms with Gasteiger partial charge in [-0.2, -0.15) is 0 Å². The molecule has 0 fully saturated rings. The fourth-order valence-electron chi connectivity index (χ4n) is 0.189. The summed E-state index contributed by atoms with van der Waals surface area (Å²) in [7, 11) is 0. The van der Waals surface area contributed by atoms with Gasteiger partial charge in [0, 0.05) is 5.03 Å². The van der Waals surface area contributed by atoms with Crippen molar-refractivity contribution in [2.24, 2.45) is 5.73 Å². The topological polar surface area (TPSA) is 43.1 Å². The normalized spacial score (nSPS) is 8.14. The Kier molecular flexibility index (Phi) is 2.45. The molecule has 0 saturated heterocycles. The molecule has 0 radical (unpaired) electrons. The quantitative estimate of drug-likeness (QED) is 0.569. The molecule has 0 aliphatic rings. The molecule has 0 rings (SSSR count). The Morgan fingerprint density at radius 3 is 2.29 bits per heavy atom. The minimum atomic E-state index is -0.444. The summed E-state index contributed by atoms with van der Waals surface area (Å²) in [6.45, 7) is 3.26. The predicted molar refractivity (Wildman–Crippen MR) is 28.8 cm³/mol. The standard InChI is InChI=1S/C4H6ClNO/c1-3(5)2-4(6)7/h1-2H2,(H2,6,7). The molecule has 0 saturated carbocycles. The summed E-state index contributed by atoms with van der Waals surface area (Å²) in [5.41, 5.74) is 4.71. The average Bonchev–Trinajstić information content (AvgIpc) is 1.27. The van der Waals surface area contributed by atoms with Gasteiger partial charge in [0.05, 0.1) is 6.42 Å². The maximum absolute atomic E-state index is 9.89. The average molecular weight is 120 g/mol. The summed E-state index contributed by atoms with van der Waals surface area (Å²) in [5, 5.41) is 0.285. The van der Waals surface area contributed by atoms with Crippen LogP contribution in [0.2, 0.25) is 0 Å². The third kappa shape index (κ3) is 5.50. The molecule has 40 valence electrons. The van der Waals surface area contributed by atoms with Crippen molar-refractivity contribution < 1.29 is 4.79 Å². The van der Waals surface area contributed by atoms with Crippen LogP contribution >= 0.6 is 11.6 Å². The van der Waals surface area contributed by atoms with Crippen LogP contribution in [0.5, 0.6) is 0 Å². The van der Waals surface area contributed by atoms with E-state index in [0.29, 0.717) is 0 Å². The van der Waals surface area contributed by atoms with Gasteiger partial charge in [0.2, 0.25) is 5.91 Å². The smallest absolute Gasteiger partial charge is 0.222 e.